The third kappa shape index (κ3) is 3.54. The molecule has 138 valence electrons. The first-order valence-corrected chi connectivity index (χ1v) is 10.7. The Hall–Kier alpha value is -2.12. The highest BCUT2D eigenvalue weighted by molar-refractivity contribution is 7.90. The Morgan fingerprint density at radius 2 is 2.04 bits per heavy atom. The summed E-state index contributed by atoms with van der Waals surface area (Å²) in [5.74, 6) is 0. The molecule has 2 heterocycles. The predicted molar refractivity (Wildman–Crippen MR) is 103 cm³/mol. The first-order chi connectivity index (χ1) is 12.3. The molecule has 1 N–H and O–H groups in total. The van der Waals surface area contributed by atoms with Gasteiger partial charge in [-0.1, -0.05) is 43.5 Å². The number of hydrogen-bond acceptors (Lipinski definition) is 4. The Morgan fingerprint density at radius 1 is 1.27 bits per heavy atom. The van der Waals surface area contributed by atoms with Crippen LogP contribution in [-0.2, 0) is 16.4 Å². The molecule has 0 aliphatic heterocycles. The van der Waals surface area contributed by atoms with Crippen LogP contribution in [0.4, 0.5) is 0 Å². The van der Waals surface area contributed by atoms with Crippen molar-refractivity contribution in [1.82, 2.24) is 14.5 Å². The van der Waals surface area contributed by atoms with E-state index >= 15 is 0 Å². The molecule has 26 heavy (non-hydrogen) atoms. The van der Waals surface area contributed by atoms with Gasteiger partial charge in [-0.25, -0.2) is 18.2 Å². The number of fused-ring (bicyclic) bond motifs is 1. The van der Waals surface area contributed by atoms with Crippen molar-refractivity contribution >= 4 is 32.6 Å². The molecule has 0 amide bonds. The van der Waals surface area contributed by atoms with Gasteiger partial charge in [0.2, 0.25) is 0 Å². The van der Waals surface area contributed by atoms with Crippen molar-refractivity contribution in [2.45, 2.75) is 37.6 Å². The number of nitrogens with one attached hydrogen (secondary N) is 1. The normalized spacial score (nSPS) is 12.0. The summed E-state index contributed by atoms with van der Waals surface area (Å²) in [5.41, 5.74) is 2.04. The van der Waals surface area contributed by atoms with E-state index in [4.69, 9.17) is 11.6 Å². The van der Waals surface area contributed by atoms with Crippen molar-refractivity contribution in [2.75, 3.05) is 6.26 Å². The maximum Gasteiger partial charge on any atom is 0.327 e. The summed E-state index contributed by atoms with van der Waals surface area (Å²) in [7, 11) is -3.36. The van der Waals surface area contributed by atoms with E-state index < -0.39 is 9.84 Å². The number of unbranched alkanes of at least 4 members (excludes halogenated alkanes) is 2. The van der Waals surface area contributed by atoms with E-state index in [9.17, 15) is 13.2 Å². The largest absolute Gasteiger partial charge is 0.327 e. The fourth-order valence-electron chi connectivity index (χ4n) is 2.99. The van der Waals surface area contributed by atoms with Crippen LogP contribution >= 0.6 is 11.6 Å². The Balaban J connectivity index is 2.26. The van der Waals surface area contributed by atoms with Crippen LogP contribution in [0.2, 0.25) is 5.02 Å². The molecule has 0 aliphatic rings. The van der Waals surface area contributed by atoms with Gasteiger partial charge in [-0.3, -0.25) is 9.55 Å². The number of pyridine rings is 1. The molecule has 0 atom stereocenters. The van der Waals surface area contributed by atoms with E-state index in [1.54, 1.807) is 22.8 Å². The maximum atomic E-state index is 12.4. The van der Waals surface area contributed by atoms with Crippen LogP contribution in [0.5, 0.6) is 0 Å². The van der Waals surface area contributed by atoms with Gasteiger partial charge < -0.3 is 0 Å². The van der Waals surface area contributed by atoms with Gasteiger partial charge >= 0.3 is 5.69 Å². The second-order valence-electron chi connectivity index (χ2n) is 6.27. The van der Waals surface area contributed by atoms with E-state index in [1.165, 1.54) is 12.3 Å². The molecule has 1 aromatic carbocycles. The number of imidazole rings is 1. The van der Waals surface area contributed by atoms with Crippen molar-refractivity contribution in [2.24, 2.45) is 0 Å². The Kier molecular flexibility index (Phi) is 5.20. The number of nitrogens with zero attached hydrogens (tertiary/aromatic N) is 2. The zero-order valence-electron chi connectivity index (χ0n) is 14.6. The molecule has 6 nitrogen and oxygen atoms in total. The molecule has 0 fully saturated rings. The van der Waals surface area contributed by atoms with Gasteiger partial charge in [0.05, 0.1) is 15.4 Å². The topological polar surface area (TPSA) is 84.8 Å². The lowest BCUT2D eigenvalue weighted by Gasteiger charge is -2.11. The van der Waals surface area contributed by atoms with Gasteiger partial charge in [0.15, 0.2) is 15.5 Å². The van der Waals surface area contributed by atoms with Gasteiger partial charge in [-0.15, -0.1) is 0 Å². The average molecular weight is 394 g/mol. The third-order valence-corrected chi connectivity index (χ3v) is 5.68. The SMILES string of the molecule is CCCCCn1c(=O)[nH]c2ncc(Cl)c(-c3cccc(S(C)(=O)=O)c3)c21. The summed E-state index contributed by atoms with van der Waals surface area (Å²) in [6.07, 6.45) is 5.54. The highest BCUT2D eigenvalue weighted by Crippen LogP contribution is 2.34. The van der Waals surface area contributed by atoms with E-state index in [0.717, 1.165) is 25.5 Å². The zero-order valence-corrected chi connectivity index (χ0v) is 16.2. The second kappa shape index (κ2) is 7.25. The molecule has 0 saturated heterocycles. The van der Waals surface area contributed by atoms with Gasteiger partial charge in [0.25, 0.3) is 0 Å². The van der Waals surface area contributed by atoms with Crippen molar-refractivity contribution in [3.05, 3.63) is 46.0 Å². The number of sulfone groups is 1. The molecule has 0 spiro atoms. The average Bonchev–Trinajstić information content (AvgIpc) is 2.90. The summed E-state index contributed by atoms with van der Waals surface area (Å²) < 4.78 is 25.4. The minimum Gasteiger partial charge on any atom is -0.290 e. The number of hydrogen-bond donors (Lipinski definition) is 1. The summed E-state index contributed by atoms with van der Waals surface area (Å²) in [4.78, 5) is 19.6. The molecule has 2 aromatic heterocycles. The van der Waals surface area contributed by atoms with Gasteiger partial charge in [-0.05, 0) is 24.1 Å². The first kappa shape index (κ1) is 18.7. The van der Waals surface area contributed by atoms with Crippen LogP contribution in [0.3, 0.4) is 0 Å². The Bertz CT molecular complexity index is 1120. The van der Waals surface area contributed by atoms with Crippen molar-refractivity contribution in [1.29, 1.82) is 0 Å². The van der Waals surface area contributed by atoms with Crippen LogP contribution in [0.1, 0.15) is 26.2 Å². The number of aromatic nitrogens is 3. The Labute approximate surface area is 156 Å². The maximum absolute atomic E-state index is 12.4. The molecule has 0 bridgehead atoms. The van der Waals surface area contributed by atoms with Crippen LogP contribution in [0.25, 0.3) is 22.3 Å². The smallest absolute Gasteiger partial charge is 0.290 e. The highest BCUT2D eigenvalue weighted by Gasteiger charge is 2.18. The number of aryl methyl sites for hydroxylation is 1. The molecular formula is C18H20ClN3O3S. The molecule has 0 aliphatic carbocycles. The summed E-state index contributed by atoms with van der Waals surface area (Å²) >= 11 is 6.41. The molecule has 8 heteroatoms. The van der Waals surface area contributed by atoms with E-state index in [1.807, 2.05) is 0 Å². The monoisotopic (exact) mass is 393 g/mol. The van der Waals surface area contributed by atoms with Crippen LogP contribution in [-0.4, -0.2) is 29.2 Å². The van der Waals surface area contributed by atoms with Crippen LogP contribution in [0, 0.1) is 0 Å². The summed E-state index contributed by atoms with van der Waals surface area (Å²) in [5, 5.41) is 0.367. The molecule has 0 radical (unpaired) electrons. The summed E-state index contributed by atoms with van der Waals surface area (Å²) in [6, 6.07) is 6.56. The van der Waals surface area contributed by atoms with Crippen molar-refractivity contribution in [3.63, 3.8) is 0 Å². The molecule has 3 aromatic rings. The number of halogens is 1. The van der Waals surface area contributed by atoms with Crippen molar-refractivity contribution < 1.29 is 8.42 Å². The minimum absolute atomic E-state index is 0.200. The lowest BCUT2D eigenvalue weighted by atomic mass is 10.1. The minimum atomic E-state index is -3.36. The van der Waals surface area contributed by atoms with Crippen molar-refractivity contribution in [3.8, 4) is 11.1 Å². The Morgan fingerprint density at radius 3 is 2.73 bits per heavy atom. The highest BCUT2D eigenvalue weighted by atomic mass is 35.5. The number of rotatable bonds is 6. The molecular weight excluding hydrogens is 374 g/mol. The fourth-order valence-corrected chi connectivity index (χ4v) is 3.91. The second-order valence-corrected chi connectivity index (χ2v) is 8.69. The number of benzene rings is 1. The van der Waals surface area contributed by atoms with Gasteiger partial charge in [-0.2, -0.15) is 0 Å². The molecule has 3 rings (SSSR count). The predicted octanol–water partition coefficient (Wildman–Crippen LogP) is 3.64. The third-order valence-electron chi connectivity index (χ3n) is 4.28. The quantitative estimate of drug-likeness (QED) is 0.648. The fraction of sp³-hybridized carbons (Fsp3) is 0.333. The standard InChI is InChI=1S/C18H20ClN3O3S/c1-3-4-5-9-22-16-15(14(19)11-20-17(16)21-18(22)23)12-7-6-8-13(10-12)26(2,24)25/h6-8,10-11H,3-5,9H2,1-2H3,(H,20,21,23). The first-order valence-electron chi connectivity index (χ1n) is 8.40. The molecule has 0 saturated carbocycles. The summed E-state index contributed by atoms with van der Waals surface area (Å²) in [6.45, 7) is 2.64. The van der Waals surface area contributed by atoms with Crippen LogP contribution in [0.15, 0.2) is 40.2 Å². The van der Waals surface area contributed by atoms with Gasteiger partial charge in [0, 0.05) is 24.6 Å². The lowest BCUT2D eigenvalue weighted by Crippen LogP contribution is -2.17. The lowest BCUT2D eigenvalue weighted by molar-refractivity contribution is 0.601. The number of aromatic amines is 1. The van der Waals surface area contributed by atoms with Crippen LogP contribution < -0.4 is 5.69 Å². The van der Waals surface area contributed by atoms with E-state index in [2.05, 4.69) is 16.9 Å². The van der Waals surface area contributed by atoms with E-state index in [0.29, 0.717) is 33.9 Å². The number of H-pyrrole nitrogens is 1. The van der Waals surface area contributed by atoms with E-state index in [-0.39, 0.29) is 10.6 Å². The van der Waals surface area contributed by atoms with Gasteiger partial charge in [0.1, 0.15) is 0 Å². The molecule has 0 unspecified atom stereocenters. The zero-order chi connectivity index (χ0) is 18.9.